The van der Waals surface area contributed by atoms with Gasteiger partial charge in [-0.15, -0.1) is 11.3 Å². The number of nitrogens with zero attached hydrogens (tertiary/aromatic N) is 4. The zero-order chi connectivity index (χ0) is 22.0. The minimum Gasteiger partial charge on any atom is -0.450 e. The van der Waals surface area contributed by atoms with Gasteiger partial charge in [0.25, 0.3) is 5.69 Å². The summed E-state index contributed by atoms with van der Waals surface area (Å²) in [6, 6.07) is 8.51. The molecule has 1 aliphatic heterocycles. The first-order chi connectivity index (χ1) is 14.9. The number of non-ortho nitro benzene ring substituents is 1. The number of thiophene rings is 1. The Labute approximate surface area is 181 Å². The molecule has 2 N–H and O–H groups in total. The molecule has 3 heterocycles. The molecular formula is C20H21N5O5S. The van der Waals surface area contributed by atoms with E-state index in [9.17, 15) is 14.9 Å². The van der Waals surface area contributed by atoms with Crippen molar-refractivity contribution in [3.8, 4) is 0 Å². The van der Waals surface area contributed by atoms with Crippen LogP contribution in [-0.2, 0) is 11.3 Å². The summed E-state index contributed by atoms with van der Waals surface area (Å²) in [5.41, 5.74) is 0.826. The van der Waals surface area contributed by atoms with E-state index in [-0.39, 0.29) is 11.8 Å². The van der Waals surface area contributed by atoms with Crippen molar-refractivity contribution >= 4 is 45.2 Å². The third-order valence-corrected chi connectivity index (χ3v) is 6.02. The first kappa shape index (κ1) is 20.8. The summed E-state index contributed by atoms with van der Waals surface area (Å²) < 4.78 is 4.88. The van der Waals surface area contributed by atoms with E-state index in [1.807, 2.05) is 24.0 Å². The minimum atomic E-state index is -1.25. The van der Waals surface area contributed by atoms with Crippen molar-refractivity contribution in [3.05, 3.63) is 50.9 Å². The fourth-order valence-electron chi connectivity index (χ4n) is 3.59. The van der Waals surface area contributed by atoms with Gasteiger partial charge in [0.05, 0.1) is 10.3 Å². The molecule has 0 atom stereocenters. The number of rotatable bonds is 6. The largest absolute Gasteiger partial charge is 0.506 e. The second-order valence-corrected chi connectivity index (χ2v) is 8.53. The first-order valence-corrected chi connectivity index (χ1v) is 10.6. The summed E-state index contributed by atoms with van der Waals surface area (Å²) in [6.45, 7) is 3.58. The molecule has 1 saturated heterocycles. The fraction of sp³-hybridized carbons (Fsp3) is 0.350. The van der Waals surface area contributed by atoms with Crippen molar-refractivity contribution in [2.24, 2.45) is 0 Å². The predicted molar refractivity (Wildman–Crippen MR) is 117 cm³/mol. The monoisotopic (exact) mass is 443 g/mol. The van der Waals surface area contributed by atoms with Crippen molar-refractivity contribution in [1.82, 2.24) is 9.97 Å². The molecule has 0 aliphatic carbocycles. The molecule has 0 bridgehead atoms. The van der Waals surface area contributed by atoms with E-state index >= 15 is 0 Å². The van der Waals surface area contributed by atoms with Crippen LogP contribution in [0, 0.1) is 17.0 Å². The van der Waals surface area contributed by atoms with E-state index < -0.39 is 11.1 Å². The lowest BCUT2D eigenvalue weighted by molar-refractivity contribution is -0.384. The number of ether oxygens (including phenoxy) is 1. The van der Waals surface area contributed by atoms with E-state index in [0.29, 0.717) is 44.2 Å². The summed E-state index contributed by atoms with van der Waals surface area (Å²) in [5, 5.41) is 24.0. The van der Waals surface area contributed by atoms with Crippen LogP contribution >= 0.6 is 11.3 Å². The maximum Gasteiger partial charge on any atom is 0.506 e. The molecule has 0 unspecified atom stereocenters. The summed E-state index contributed by atoms with van der Waals surface area (Å²) in [7, 11) is 0. The molecule has 3 aromatic rings. The van der Waals surface area contributed by atoms with Gasteiger partial charge in [-0.1, -0.05) is 12.1 Å². The lowest BCUT2D eigenvalue weighted by atomic mass is 10.1. The molecule has 0 amide bonds. The SMILES string of the molecule is Cc1cc2c(NCc3cccc([N+](=O)[O-])c3)nc(N3CCC(OC(=O)O)CC3)nc2s1. The Kier molecular flexibility index (Phi) is 5.85. The zero-order valence-electron chi connectivity index (χ0n) is 16.8. The summed E-state index contributed by atoms with van der Waals surface area (Å²) in [5.74, 6) is 1.24. The average Bonchev–Trinajstić information content (AvgIpc) is 3.12. The number of aromatic nitrogens is 2. The Bertz CT molecular complexity index is 1130. The van der Waals surface area contributed by atoms with Gasteiger partial charge >= 0.3 is 6.16 Å². The number of aryl methyl sites for hydroxylation is 1. The molecule has 2 aromatic heterocycles. The van der Waals surface area contributed by atoms with Crippen molar-refractivity contribution in [2.45, 2.75) is 32.4 Å². The van der Waals surface area contributed by atoms with Gasteiger partial charge in [0.1, 0.15) is 16.8 Å². The second-order valence-electron chi connectivity index (χ2n) is 7.30. The maximum atomic E-state index is 11.0. The average molecular weight is 443 g/mol. The molecule has 162 valence electrons. The molecule has 10 nitrogen and oxygen atoms in total. The van der Waals surface area contributed by atoms with Crippen LogP contribution in [-0.4, -0.2) is 45.3 Å². The van der Waals surface area contributed by atoms with E-state index in [1.54, 1.807) is 23.5 Å². The van der Waals surface area contributed by atoms with Gasteiger partial charge in [-0.25, -0.2) is 9.78 Å². The van der Waals surface area contributed by atoms with Gasteiger partial charge in [0, 0.05) is 49.5 Å². The second kappa shape index (κ2) is 8.72. The Morgan fingerprint density at radius 1 is 1.35 bits per heavy atom. The smallest absolute Gasteiger partial charge is 0.450 e. The van der Waals surface area contributed by atoms with Crippen molar-refractivity contribution in [3.63, 3.8) is 0 Å². The van der Waals surface area contributed by atoms with E-state index in [2.05, 4.69) is 5.32 Å². The third kappa shape index (κ3) is 4.82. The Morgan fingerprint density at radius 2 is 2.13 bits per heavy atom. The quantitative estimate of drug-likeness (QED) is 0.327. The van der Waals surface area contributed by atoms with Crippen LogP contribution in [0.15, 0.2) is 30.3 Å². The van der Waals surface area contributed by atoms with Gasteiger partial charge in [-0.2, -0.15) is 4.98 Å². The zero-order valence-corrected chi connectivity index (χ0v) is 17.6. The number of carboxylic acid groups (broad SMARTS) is 1. The number of fused-ring (bicyclic) bond motifs is 1. The topological polar surface area (TPSA) is 131 Å². The van der Waals surface area contributed by atoms with Crippen molar-refractivity contribution < 1.29 is 19.6 Å². The van der Waals surface area contributed by atoms with Crippen LogP contribution in [0.5, 0.6) is 0 Å². The van der Waals surface area contributed by atoms with Crippen molar-refractivity contribution in [1.29, 1.82) is 0 Å². The summed E-state index contributed by atoms with van der Waals surface area (Å²) >= 11 is 1.57. The number of nitrogens with one attached hydrogen (secondary N) is 1. The standard InChI is InChI=1S/C20H21N5O5S/c1-12-9-16-17(21-11-13-3-2-4-14(10-13)25(28)29)22-19(23-18(16)31-12)24-7-5-15(6-8-24)30-20(26)27/h2-4,9-10,15H,5-8,11H2,1H3,(H,26,27)(H,21,22,23). The number of hydrogen-bond acceptors (Lipinski definition) is 9. The molecule has 0 saturated carbocycles. The normalized spacial score (nSPS) is 14.5. The van der Waals surface area contributed by atoms with Crippen LogP contribution in [0.4, 0.5) is 22.2 Å². The molecule has 0 spiro atoms. The van der Waals surface area contributed by atoms with Gasteiger partial charge < -0.3 is 20.1 Å². The van der Waals surface area contributed by atoms with Crippen LogP contribution in [0.3, 0.4) is 0 Å². The Hall–Kier alpha value is -3.47. The van der Waals surface area contributed by atoms with E-state index in [0.717, 1.165) is 20.7 Å². The van der Waals surface area contributed by atoms with Crippen LogP contribution in [0.1, 0.15) is 23.3 Å². The number of nitro benzene ring substituents is 1. The Morgan fingerprint density at radius 3 is 2.84 bits per heavy atom. The van der Waals surface area contributed by atoms with Crippen LogP contribution in [0.2, 0.25) is 0 Å². The number of nitro groups is 1. The van der Waals surface area contributed by atoms with Gasteiger partial charge in [0.2, 0.25) is 5.95 Å². The van der Waals surface area contributed by atoms with Crippen LogP contribution in [0.25, 0.3) is 10.2 Å². The number of anilines is 2. The lowest BCUT2D eigenvalue weighted by Gasteiger charge is -2.31. The molecule has 0 radical (unpaired) electrons. The summed E-state index contributed by atoms with van der Waals surface area (Å²) in [6.07, 6.45) is -0.410. The molecule has 31 heavy (non-hydrogen) atoms. The number of hydrogen-bond donors (Lipinski definition) is 2. The molecular weight excluding hydrogens is 422 g/mol. The molecule has 1 aromatic carbocycles. The highest BCUT2D eigenvalue weighted by atomic mass is 32.1. The van der Waals surface area contributed by atoms with Crippen LogP contribution < -0.4 is 10.2 Å². The minimum absolute atomic E-state index is 0.0469. The van der Waals surface area contributed by atoms with E-state index in [1.165, 1.54) is 6.07 Å². The predicted octanol–water partition coefficient (Wildman–Crippen LogP) is 4.18. The fourth-order valence-corrected chi connectivity index (χ4v) is 4.46. The molecule has 11 heteroatoms. The van der Waals surface area contributed by atoms with Gasteiger partial charge in [-0.3, -0.25) is 10.1 Å². The molecule has 1 fully saturated rings. The third-order valence-electron chi connectivity index (χ3n) is 5.08. The number of carbonyl (C=O) groups is 1. The molecule has 1 aliphatic rings. The van der Waals surface area contributed by atoms with E-state index in [4.69, 9.17) is 19.8 Å². The number of piperidine rings is 1. The Balaban J connectivity index is 1.55. The van der Waals surface area contributed by atoms with Gasteiger partial charge in [0.15, 0.2) is 0 Å². The van der Waals surface area contributed by atoms with Crippen molar-refractivity contribution in [2.75, 3.05) is 23.3 Å². The molecule has 4 rings (SSSR count). The first-order valence-electron chi connectivity index (χ1n) is 9.79. The highest BCUT2D eigenvalue weighted by molar-refractivity contribution is 7.18. The number of benzene rings is 1. The lowest BCUT2D eigenvalue weighted by Crippen LogP contribution is -2.38. The van der Waals surface area contributed by atoms with Gasteiger partial charge in [-0.05, 0) is 18.6 Å². The highest BCUT2D eigenvalue weighted by Gasteiger charge is 2.24. The summed E-state index contributed by atoms with van der Waals surface area (Å²) in [4.78, 5) is 34.8. The highest BCUT2D eigenvalue weighted by Crippen LogP contribution is 2.32. The maximum absolute atomic E-state index is 11.0.